The van der Waals surface area contributed by atoms with Gasteiger partial charge in [-0.3, -0.25) is 4.90 Å². The highest BCUT2D eigenvalue weighted by atomic mass is 16.5. The number of hydrogen-bond donors (Lipinski definition) is 1. The molecule has 1 heterocycles. The van der Waals surface area contributed by atoms with E-state index in [1.54, 1.807) is 0 Å². The number of benzene rings is 1. The number of nitrogens with zero attached hydrogens (tertiary/aromatic N) is 1. The van der Waals surface area contributed by atoms with Crippen LogP contribution >= 0.6 is 0 Å². The molecule has 2 N–H and O–H groups in total. The maximum atomic E-state index is 5.88. The van der Waals surface area contributed by atoms with Gasteiger partial charge < -0.3 is 15.2 Å². The molecule has 1 atom stereocenters. The molecule has 1 saturated heterocycles. The molecule has 1 aromatic carbocycles. The van der Waals surface area contributed by atoms with E-state index in [1.165, 1.54) is 0 Å². The van der Waals surface area contributed by atoms with Crippen molar-refractivity contribution in [1.82, 2.24) is 4.90 Å². The summed E-state index contributed by atoms with van der Waals surface area (Å²) in [6.45, 7) is 6.79. The number of hydrogen-bond acceptors (Lipinski definition) is 4. The van der Waals surface area contributed by atoms with Crippen LogP contribution in [-0.2, 0) is 4.74 Å². The van der Waals surface area contributed by atoms with Crippen LogP contribution in [0.1, 0.15) is 5.56 Å². The van der Waals surface area contributed by atoms with Crippen LogP contribution in [0.25, 0.3) is 0 Å². The normalized spacial score (nSPS) is 18.6. The minimum absolute atomic E-state index is 0.272. The summed E-state index contributed by atoms with van der Waals surface area (Å²) in [6.07, 6.45) is 0. The summed E-state index contributed by atoms with van der Waals surface area (Å²) in [4.78, 5) is 2.35. The van der Waals surface area contributed by atoms with Crippen molar-refractivity contribution in [2.24, 2.45) is 5.73 Å². The van der Waals surface area contributed by atoms with E-state index >= 15 is 0 Å². The fourth-order valence-corrected chi connectivity index (χ4v) is 2.17. The lowest BCUT2D eigenvalue weighted by atomic mass is 10.2. The standard InChI is InChI=1S/C14H22N2O2/c1-12-4-2-3-5-14(12)18-11-13(10-15)16-6-8-17-9-7-16/h2-5,13H,6-11,15H2,1H3. The van der Waals surface area contributed by atoms with Crippen LogP contribution in [0.3, 0.4) is 0 Å². The average Bonchev–Trinajstić information content (AvgIpc) is 2.42. The topological polar surface area (TPSA) is 47.7 Å². The minimum Gasteiger partial charge on any atom is -0.492 e. The molecule has 0 amide bonds. The zero-order chi connectivity index (χ0) is 12.8. The van der Waals surface area contributed by atoms with E-state index in [2.05, 4.69) is 17.9 Å². The summed E-state index contributed by atoms with van der Waals surface area (Å²) in [6, 6.07) is 8.34. The first-order chi connectivity index (χ1) is 8.81. The molecule has 100 valence electrons. The summed E-state index contributed by atoms with van der Waals surface area (Å²) in [5.74, 6) is 0.948. The molecule has 1 aliphatic rings. The third kappa shape index (κ3) is 3.45. The van der Waals surface area contributed by atoms with Crippen molar-refractivity contribution >= 4 is 0 Å². The highest BCUT2D eigenvalue weighted by Crippen LogP contribution is 2.17. The quantitative estimate of drug-likeness (QED) is 0.848. The fourth-order valence-electron chi connectivity index (χ4n) is 2.17. The molecule has 1 fully saturated rings. The second-order valence-electron chi connectivity index (χ2n) is 4.61. The Morgan fingerprint density at radius 2 is 2.06 bits per heavy atom. The molecule has 1 unspecified atom stereocenters. The number of nitrogens with two attached hydrogens (primary N) is 1. The first-order valence-electron chi connectivity index (χ1n) is 6.51. The third-order valence-corrected chi connectivity index (χ3v) is 3.36. The van der Waals surface area contributed by atoms with E-state index in [0.29, 0.717) is 13.2 Å². The maximum Gasteiger partial charge on any atom is 0.122 e. The largest absolute Gasteiger partial charge is 0.492 e. The summed E-state index contributed by atoms with van der Waals surface area (Å²) in [5, 5.41) is 0. The first kappa shape index (κ1) is 13.3. The lowest BCUT2D eigenvalue weighted by Gasteiger charge is -2.33. The van der Waals surface area contributed by atoms with Crippen LogP contribution in [0.15, 0.2) is 24.3 Å². The van der Waals surface area contributed by atoms with Gasteiger partial charge in [-0.1, -0.05) is 18.2 Å². The Hall–Kier alpha value is -1.10. The molecule has 0 aromatic heterocycles. The molecular weight excluding hydrogens is 228 g/mol. The van der Waals surface area contributed by atoms with Crippen LogP contribution < -0.4 is 10.5 Å². The zero-order valence-electron chi connectivity index (χ0n) is 11.0. The first-order valence-corrected chi connectivity index (χ1v) is 6.51. The second kappa shape index (κ2) is 6.73. The molecule has 1 aromatic rings. The SMILES string of the molecule is Cc1ccccc1OCC(CN)N1CCOCC1. The van der Waals surface area contributed by atoms with Gasteiger partial charge in [0.1, 0.15) is 12.4 Å². The van der Waals surface area contributed by atoms with Crippen LogP contribution in [0.4, 0.5) is 0 Å². The molecule has 2 rings (SSSR count). The average molecular weight is 250 g/mol. The van der Waals surface area contributed by atoms with E-state index in [9.17, 15) is 0 Å². The van der Waals surface area contributed by atoms with Gasteiger partial charge in [0.25, 0.3) is 0 Å². The van der Waals surface area contributed by atoms with Crippen molar-refractivity contribution in [1.29, 1.82) is 0 Å². The van der Waals surface area contributed by atoms with Gasteiger partial charge in [-0.2, -0.15) is 0 Å². The molecule has 4 nitrogen and oxygen atoms in total. The monoisotopic (exact) mass is 250 g/mol. The molecule has 0 aliphatic carbocycles. The Kier molecular flexibility index (Phi) is 4.99. The van der Waals surface area contributed by atoms with Crippen LogP contribution in [0, 0.1) is 6.92 Å². The van der Waals surface area contributed by atoms with Gasteiger partial charge in [0.2, 0.25) is 0 Å². The number of ether oxygens (including phenoxy) is 2. The number of aryl methyl sites for hydroxylation is 1. The predicted molar refractivity (Wildman–Crippen MR) is 71.9 cm³/mol. The van der Waals surface area contributed by atoms with Gasteiger partial charge in [0.05, 0.1) is 19.3 Å². The summed E-state index contributed by atoms with van der Waals surface area (Å²) in [5.41, 5.74) is 7.01. The Balaban J connectivity index is 1.88. The summed E-state index contributed by atoms with van der Waals surface area (Å²) >= 11 is 0. The molecule has 0 radical (unpaired) electrons. The predicted octanol–water partition coefficient (Wildman–Crippen LogP) is 1.03. The third-order valence-electron chi connectivity index (χ3n) is 3.36. The van der Waals surface area contributed by atoms with Crippen molar-refractivity contribution in [3.63, 3.8) is 0 Å². The van der Waals surface area contributed by atoms with Gasteiger partial charge >= 0.3 is 0 Å². The van der Waals surface area contributed by atoms with Gasteiger partial charge in [0, 0.05) is 19.6 Å². The van der Waals surface area contributed by atoms with Gasteiger partial charge in [-0.15, -0.1) is 0 Å². The second-order valence-corrected chi connectivity index (χ2v) is 4.61. The van der Waals surface area contributed by atoms with Crippen molar-refractivity contribution < 1.29 is 9.47 Å². The molecule has 0 saturated carbocycles. The minimum atomic E-state index is 0.272. The molecule has 18 heavy (non-hydrogen) atoms. The smallest absolute Gasteiger partial charge is 0.122 e. The Morgan fingerprint density at radius 3 is 2.72 bits per heavy atom. The van der Waals surface area contributed by atoms with Gasteiger partial charge in [-0.05, 0) is 18.6 Å². The van der Waals surface area contributed by atoms with Gasteiger partial charge in [0.15, 0.2) is 0 Å². The van der Waals surface area contributed by atoms with E-state index in [4.69, 9.17) is 15.2 Å². The molecule has 0 bridgehead atoms. The summed E-state index contributed by atoms with van der Waals surface area (Å²) in [7, 11) is 0. The van der Waals surface area contributed by atoms with Crippen LogP contribution in [0.2, 0.25) is 0 Å². The lowest BCUT2D eigenvalue weighted by molar-refractivity contribution is 0.00818. The van der Waals surface area contributed by atoms with Crippen LogP contribution in [0.5, 0.6) is 5.75 Å². The Labute approximate surface area is 109 Å². The Morgan fingerprint density at radius 1 is 1.33 bits per heavy atom. The van der Waals surface area contributed by atoms with E-state index < -0.39 is 0 Å². The lowest BCUT2D eigenvalue weighted by Crippen LogP contribution is -2.49. The molecule has 0 spiro atoms. The highest BCUT2D eigenvalue weighted by molar-refractivity contribution is 5.31. The number of para-hydroxylation sites is 1. The van der Waals surface area contributed by atoms with E-state index in [-0.39, 0.29) is 6.04 Å². The zero-order valence-corrected chi connectivity index (χ0v) is 11.0. The van der Waals surface area contributed by atoms with Crippen molar-refractivity contribution in [3.8, 4) is 5.75 Å². The number of morpholine rings is 1. The fraction of sp³-hybridized carbons (Fsp3) is 0.571. The van der Waals surface area contributed by atoms with Crippen molar-refractivity contribution in [2.75, 3.05) is 39.5 Å². The van der Waals surface area contributed by atoms with E-state index in [1.807, 2.05) is 18.2 Å². The summed E-state index contributed by atoms with van der Waals surface area (Å²) < 4.78 is 11.2. The molecule has 1 aliphatic heterocycles. The van der Waals surface area contributed by atoms with Gasteiger partial charge in [-0.25, -0.2) is 0 Å². The number of rotatable bonds is 5. The van der Waals surface area contributed by atoms with Crippen molar-refractivity contribution in [2.45, 2.75) is 13.0 Å². The maximum absolute atomic E-state index is 5.88. The van der Waals surface area contributed by atoms with Crippen LogP contribution in [-0.4, -0.2) is 50.4 Å². The Bertz CT molecular complexity index is 365. The molecular formula is C14H22N2O2. The highest BCUT2D eigenvalue weighted by Gasteiger charge is 2.20. The van der Waals surface area contributed by atoms with E-state index in [0.717, 1.165) is 37.6 Å². The van der Waals surface area contributed by atoms with Crippen molar-refractivity contribution in [3.05, 3.63) is 29.8 Å². The molecule has 4 heteroatoms.